The first-order valence-electron chi connectivity index (χ1n) is 6.44. The number of aromatic nitrogens is 1. The van der Waals surface area contributed by atoms with Crippen LogP contribution in [0.3, 0.4) is 0 Å². The Balaban J connectivity index is 2.81. The molecule has 1 aromatic carbocycles. The van der Waals surface area contributed by atoms with Crippen molar-refractivity contribution in [2.75, 3.05) is 7.11 Å². The lowest BCUT2D eigenvalue weighted by Crippen LogP contribution is -2.22. The fraction of sp³-hybridized carbons (Fsp3) is 0.312. The van der Waals surface area contributed by atoms with Crippen LogP contribution in [0.4, 0.5) is 0 Å². The molecular formula is C16H18ClNO2. The van der Waals surface area contributed by atoms with Crippen LogP contribution in [0.15, 0.2) is 34.6 Å². The zero-order valence-electron chi connectivity index (χ0n) is 12.2. The molecule has 0 aliphatic carbocycles. The van der Waals surface area contributed by atoms with Crippen LogP contribution in [0.25, 0.3) is 10.9 Å². The van der Waals surface area contributed by atoms with Crippen molar-refractivity contribution in [2.45, 2.75) is 20.3 Å². The third-order valence-corrected chi connectivity index (χ3v) is 3.56. The van der Waals surface area contributed by atoms with Gasteiger partial charge in [0.15, 0.2) is 0 Å². The van der Waals surface area contributed by atoms with E-state index in [1.54, 1.807) is 24.8 Å². The summed E-state index contributed by atoms with van der Waals surface area (Å²) in [4.78, 5) is 12.5. The summed E-state index contributed by atoms with van der Waals surface area (Å²) in [6.07, 6.45) is 2.59. The minimum Gasteiger partial charge on any atom is -0.496 e. The van der Waals surface area contributed by atoms with Crippen molar-refractivity contribution in [1.82, 2.24) is 4.57 Å². The van der Waals surface area contributed by atoms with E-state index in [2.05, 4.69) is 0 Å². The molecule has 4 heteroatoms. The summed E-state index contributed by atoms with van der Waals surface area (Å²) in [6, 6.07) is 5.48. The number of halogens is 1. The monoisotopic (exact) mass is 291 g/mol. The maximum atomic E-state index is 12.5. The van der Waals surface area contributed by atoms with Crippen molar-refractivity contribution in [3.63, 3.8) is 0 Å². The average Bonchev–Trinajstić information content (AvgIpc) is 2.41. The van der Waals surface area contributed by atoms with Crippen molar-refractivity contribution in [3.05, 3.63) is 50.8 Å². The fourth-order valence-corrected chi connectivity index (χ4v) is 2.43. The van der Waals surface area contributed by atoms with E-state index < -0.39 is 0 Å². The highest BCUT2D eigenvalue weighted by Gasteiger charge is 2.15. The first-order chi connectivity index (χ1) is 9.45. The van der Waals surface area contributed by atoms with Gasteiger partial charge in [0.2, 0.25) is 0 Å². The first kappa shape index (κ1) is 14.7. The lowest BCUT2D eigenvalue weighted by molar-refractivity contribution is 0.414. The molecular weight excluding hydrogens is 274 g/mol. The van der Waals surface area contributed by atoms with Gasteiger partial charge in [-0.15, -0.1) is 0 Å². The van der Waals surface area contributed by atoms with E-state index in [1.807, 2.05) is 32.1 Å². The minimum absolute atomic E-state index is 0.0471. The molecule has 0 aliphatic heterocycles. The molecule has 1 heterocycles. The Bertz CT molecular complexity index is 740. The summed E-state index contributed by atoms with van der Waals surface area (Å²) >= 11 is 6.02. The van der Waals surface area contributed by atoms with Crippen molar-refractivity contribution in [2.24, 2.45) is 7.05 Å². The smallest absolute Gasteiger partial charge is 0.258 e. The van der Waals surface area contributed by atoms with E-state index in [4.69, 9.17) is 16.3 Å². The molecule has 2 aromatic rings. The number of aryl methyl sites for hydroxylation is 1. The molecule has 106 valence electrons. The molecule has 0 radical (unpaired) electrons. The van der Waals surface area contributed by atoms with Crippen molar-refractivity contribution in [1.29, 1.82) is 0 Å². The summed E-state index contributed by atoms with van der Waals surface area (Å²) in [6.45, 7) is 4.02. The molecule has 0 spiro atoms. The maximum Gasteiger partial charge on any atom is 0.258 e. The number of pyridine rings is 1. The molecule has 2 rings (SSSR count). The van der Waals surface area contributed by atoms with Crippen LogP contribution in [0.5, 0.6) is 5.75 Å². The Labute approximate surface area is 123 Å². The number of hydrogen-bond donors (Lipinski definition) is 0. The van der Waals surface area contributed by atoms with E-state index in [-0.39, 0.29) is 5.56 Å². The molecule has 0 saturated heterocycles. The molecule has 0 aliphatic rings. The lowest BCUT2D eigenvalue weighted by atomic mass is 10.1. The number of allylic oxidation sites excluding steroid dienone is 2. The number of fused-ring (bicyclic) bond motifs is 1. The zero-order chi connectivity index (χ0) is 14.9. The van der Waals surface area contributed by atoms with Crippen molar-refractivity contribution >= 4 is 22.5 Å². The SMILES string of the molecule is COc1c(CC=C(C)C)c(=O)n(C)c2cc(Cl)ccc12. The molecule has 0 unspecified atom stereocenters. The largest absolute Gasteiger partial charge is 0.496 e. The van der Waals surface area contributed by atoms with Gasteiger partial charge in [-0.2, -0.15) is 0 Å². The van der Waals surface area contributed by atoms with Crippen LogP contribution >= 0.6 is 11.6 Å². The summed E-state index contributed by atoms with van der Waals surface area (Å²) in [5, 5.41) is 1.50. The summed E-state index contributed by atoms with van der Waals surface area (Å²) in [5.74, 6) is 0.636. The number of rotatable bonds is 3. The molecule has 0 N–H and O–H groups in total. The predicted molar refractivity (Wildman–Crippen MR) is 83.9 cm³/mol. The number of methoxy groups -OCH3 is 1. The minimum atomic E-state index is -0.0471. The highest BCUT2D eigenvalue weighted by Crippen LogP contribution is 2.29. The van der Waals surface area contributed by atoms with E-state index in [9.17, 15) is 4.79 Å². The van der Waals surface area contributed by atoms with Crippen LogP contribution in [0.2, 0.25) is 5.02 Å². The maximum absolute atomic E-state index is 12.5. The summed E-state index contributed by atoms with van der Waals surface area (Å²) < 4.78 is 7.10. The van der Waals surface area contributed by atoms with Gasteiger partial charge in [-0.25, -0.2) is 0 Å². The number of hydrogen-bond acceptors (Lipinski definition) is 2. The van der Waals surface area contributed by atoms with Crippen molar-refractivity contribution < 1.29 is 4.74 Å². The van der Waals surface area contributed by atoms with Crippen LogP contribution in [0.1, 0.15) is 19.4 Å². The second kappa shape index (κ2) is 5.71. The Morgan fingerprint density at radius 1 is 1.40 bits per heavy atom. The Kier molecular flexibility index (Phi) is 4.19. The van der Waals surface area contributed by atoms with Gasteiger partial charge >= 0.3 is 0 Å². The van der Waals surface area contributed by atoms with Gasteiger partial charge in [-0.1, -0.05) is 23.3 Å². The second-order valence-electron chi connectivity index (χ2n) is 5.02. The number of ether oxygens (including phenoxy) is 1. The van der Waals surface area contributed by atoms with E-state index in [1.165, 1.54) is 5.57 Å². The number of benzene rings is 1. The molecule has 0 atom stereocenters. The molecule has 1 aromatic heterocycles. The lowest BCUT2D eigenvalue weighted by Gasteiger charge is -2.14. The molecule has 0 fully saturated rings. The summed E-state index contributed by atoms with van der Waals surface area (Å²) in [7, 11) is 3.35. The highest BCUT2D eigenvalue weighted by atomic mass is 35.5. The third kappa shape index (κ3) is 2.59. The van der Waals surface area contributed by atoms with Gasteiger partial charge < -0.3 is 9.30 Å². The second-order valence-corrected chi connectivity index (χ2v) is 5.46. The third-order valence-electron chi connectivity index (χ3n) is 3.32. The Morgan fingerprint density at radius 3 is 2.70 bits per heavy atom. The van der Waals surface area contributed by atoms with Gasteiger partial charge in [0, 0.05) is 17.5 Å². The number of nitrogens with zero attached hydrogens (tertiary/aromatic N) is 1. The molecule has 0 bridgehead atoms. The molecule has 20 heavy (non-hydrogen) atoms. The average molecular weight is 292 g/mol. The predicted octanol–water partition coefficient (Wildman–Crippen LogP) is 3.71. The fourth-order valence-electron chi connectivity index (χ4n) is 2.27. The van der Waals surface area contributed by atoms with Gasteiger partial charge in [-0.05, 0) is 38.5 Å². The van der Waals surface area contributed by atoms with Crippen LogP contribution < -0.4 is 10.3 Å². The standard InChI is InChI=1S/C16H18ClNO2/c1-10(2)5-7-13-15(20-4)12-8-6-11(17)9-14(12)18(3)16(13)19/h5-6,8-9H,7H2,1-4H3. The van der Waals surface area contributed by atoms with E-state index in [0.29, 0.717) is 22.8 Å². The Morgan fingerprint density at radius 2 is 2.10 bits per heavy atom. The van der Waals surface area contributed by atoms with E-state index >= 15 is 0 Å². The zero-order valence-corrected chi connectivity index (χ0v) is 12.9. The topological polar surface area (TPSA) is 31.2 Å². The van der Waals surface area contributed by atoms with Crippen LogP contribution in [0, 0.1) is 0 Å². The van der Waals surface area contributed by atoms with E-state index in [0.717, 1.165) is 10.9 Å². The molecule has 3 nitrogen and oxygen atoms in total. The van der Waals surface area contributed by atoms with Gasteiger partial charge in [0.05, 0.1) is 18.2 Å². The Hall–Kier alpha value is -1.74. The van der Waals surface area contributed by atoms with Gasteiger partial charge in [-0.3, -0.25) is 4.79 Å². The quantitative estimate of drug-likeness (QED) is 0.807. The van der Waals surface area contributed by atoms with Gasteiger partial charge in [0.25, 0.3) is 5.56 Å². The van der Waals surface area contributed by atoms with Crippen molar-refractivity contribution in [3.8, 4) is 5.75 Å². The van der Waals surface area contributed by atoms with Crippen LogP contribution in [-0.4, -0.2) is 11.7 Å². The first-order valence-corrected chi connectivity index (χ1v) is 6.82. The normalized spacial score (nSPS) is 10.7. The molecule has 0 amide bonds. The highest BCUT2D eigenvalue weighted by molar-refractivity contribution is 6.31. The molecule has 0 saturated carbocycles. The van der Waals surface area contributed by atoms with Crippen LogP contribution in [-0.2, 0) is 13.5 Å². The van der Waals surface area contributed by atoms with Gasteiger partial charge in [0.1, 0.15) is 5.75 Å². The summed E-state index contributed by atoms with van der Waals surface area (Å²) in [5.41, 5.74) is 2.57.